The van der Waals surface area contributed by atoms with Crippen molar-refractivity contribution < 1.29 is 36.8 Å². The van der Waals surface area contributed by atoms with Crippen LogP contribution < -0.4 is 10.5 Å². The van der Waals surface area contributed by atoms with Crippen LogP contribution in [0.1, 0.15) is 63.6 Å². The molecule has 0 aliphatic rings. The fourth-order valence-corrected chi connectivity index (χ4v) is 3.60. The zero-order valence-electron chi connectivity index (χ0n) is 18.7. The van der Waals surface area contributed by atoms with E-state index in [2.05, 4.69) is 21.6 Å². The minimum absolute atomic E-state index is 0.184. The highest BCUT2D eigenvalue weighted by molar-refractivity contribution is 7.46. The lowest BCUT2D eigenvalue weighted by molar-refractivity contribution is -0.138. The van der Waals surface area contributed by atoms with Gasteiger partial charge in [-0.25, -0.2) is 4.57 Å². The minimum Gasteiger partial charge on any atom is -0.493 e. The molecular weight excluding hydrogens is 462 g/mol. The quantitative estimate of drug-likeness (QED) is 0.225. The number of hydrogen-bond acceptors (Lipinski definition) is 5. The molecule has 0 amide bonds. The summed E-state index contributed by atoms with van der Waals surface area (Å²) in [4.78, 5) is 17.7. The number of alkyl halides is 3. The molecular formula is C21H31F3N3O5P. The maximum Gasteiger partial charge on any atom is 0.469 e. The van der Waals surface area contributed by atoms with Crippen molar-refractivity contribution >= 4 is 7.82 Å². The minimum atomic E-state index is -4.74. The van der Waals surface area contributed by atoms with Gasteiger partial charge in [0.25, 0.3) is 0 Å². The Bertz CT molecular complexity index is 943. The molecule has 0 fully saturated rings. The van der Waals surface area contributed by atoms with E-state index in [1.165, 1.54) is 25.1 Å². The Labute approximate surface area is 190 Å². The van der Waals surface area contributed by atoms with E-state index >= 15 is 0 Å². The van der Waals surface area contributed by atoms with E-state index < -0.39 is 31.7 Å². The smallest absolute Gasteiger partial charge is 0.469 e. The highest BCUT2D eigenvalue weighted by atomic mass is 31.2. The van der Waals surface area contributed by atoms with Gasteiger partial charge < -0.3 is 20.3 Å². The number of benzene rings is 1. The zero-order chi connectivity index (χ0) is 24.7. The molecule has 1 unspecified atom stereocenters. The zero-order valence-corrected chi connectivity index (χ0v) is 19.6. The van der Waals surface area contributed by atoms with Gasteiger partial charge in [0.15, 0.2) is 0 Å². The van der Waals surface area contributed by atoms with Crippen LogP contribution in [0.15, 0.2) is 24.3 Å². The maximum absolute atomic E-state index is 13.6. The van der Waals surface area contributed by atoms with Crippen molar-refractivity contribution in [3.8, 4) is 17.0 Å². The predicted octanol–water partition coefficient (Wildman–Crippen LogP) is 5.12. The number of rotatable bonds is 13. The number of hydrogen-bond donors (Lipinski definition) is 4. The third kappa shape index (κ3) is 8.75. The summed E-state index contributed by atoms with van der Waals surface area (Å²) < 4.78 is 61.7. The second-order valence-corrected chi connectivity index (χ2v) is 9.41. The third-order valence-electron chi connectivity index (χ3n) is 5.06. The van der Waals surface area contributed by atoms with Gasteiger partial charge in [0, 0.05) is 5.56 Å². The second kappa shape index (κ2) is 11.5. The summed E-state index contributed by atoms with van der Waals surface area (Å²) in [7, 11) is -4.74. The topological polar surface area (TPSA) is 131 Å². The first kappa shape index (κ1) is 27.3. The van der Waals surface area contributed by atoms with Gasteiger partial charge in [-0.2, -0.15) is 18.3 Å². The first-order valence-corrected chi connectivity index (χ1v) is 12.3. The van der Waals surface area contributed by atoms with Gasteiger partial charge in [0.1, 0.15) is 5.75 Å². The molecule has 0 aliphatic carbocycles. The molecule has 0 radical (unpaired) electrons. The fraction of sp³-hybridized carbons (Fsp3) is 0.571. The normalized spacial score (nSPS) is 14.3. The number of phosphoric ester groups is 1. The molecule has 0 saturated heterocycles. The molecule has 12 heteroatoms. The van der Waals surface area contributed by atoms with Gasteiger partial charge in [-0.1, -0.05) is 39.0 Å². The molecule has 0 bridgehead atoms. The number of nitrogens with one attached hydrogen (secondary N) is 1. The first-order valence-electron chi connectivity index (χ1n) is 10.7. The van der Waals surface area contributed by atoms with Crippen molar-refractivity contribution in [2.24, 2.45) is 5.73 Å². The van der Waals surface area contributed by atoms with E-state index in [1.807, 2.05) is 0 Å². The van der Waals surface area contributed by atoms with Crippen LogP contribution in [-0.4, -0.2) is 33.2 Å². The number of nitrogens with zero attached hydrogens (tertiary/aromatic N) is 1. The Morgan fingerprint density at radius 2 is 1.79 bits per heavy atom. The van der Waals surface area contributed by atoms with Crippen LogP contribution in [0.25, 0.3) is 11.3 Å². The second-order valence-electron chi connectivity index (χ2n) is 8.17. The van der Waals surface area contributed by atoms with Gasteiger partial charge in [0.2, 0.25) is 0 Å². The molecule has 1 heterocycles. The number of unbranched alkanes of at least 4 members (excludes halogenated alkanes) is 5. The lowest BCUT2D eigenvalue weighted by Gasteiger charge is -2.22. The number of H-pyrrole nitrogens is 1. The Hall–Kier alpha value is -1.91. The molecule has 1 aromatic heterocycles. The van der Waals surface area contributed by atoms with Crippen LogP contribution in [0.5, 0.6) is 5.75 Å². The Kier molecular flexibility index (Phi) is 9.51. The Balaban J connectivity index is 2.13. The molecule has 1 atom stereocenters. The van der Waals surface area contributed by atoms with Gasteiger partial charge in [-0.05, 0) is 37.6 Å². The Morgan fingerprint density at radius 1 is 1.12 bits per heavy atom. The summed E-state index contributed by atoms with van der Waals surface area (Å²) in [5, 5.41) is 6.59. The van der Waals surface area contributed by atoms with Crippen molar-refractivity contribution in [1.82, 2.24) is 10.2 Å². The SMILES string of the molecule is CCCCCCCCOc1ccc(-c2cc(C(C)(N)COP(=O)(O)O)[nH]n2)cc1C(F)(F)F. The molecule has 0 aliphatic heterocycles. The van der Waals surface area contributed by atoms with E-state index in [0.717, 1.165) is 38.2 Å². The van der Waals surface area contributed by atoms with Gasteiger partial charge >= 0.3 is 14.0 Å². The number of halogens is 3. The standard InChI is InChI=1S/C21H31F3N3O5P/c1-3-4-5-6-7-8-11-31-18-10-9-15(12-16(18)21(22,23)24)17-13-19(27-26-17)20(2,25)14-32-33(28,29)30/h9-10,12-13H,3-8,11,14,25H2,1-2H3,(H,26,27)(H2,28,29,30). The number of ether oxygens (including phenoxy) is 1. The van der Waals surface area contributed by atoms with E-state index in [1.54, 1.807) is 0 Å². The van der Waals surface area contributed by atoms with Crippen LogP contribution in [0.4, 0.5) is 13.2 Å². The van der Waals surface area contributed by atoms with Crippen molar-refractivity contribution in [3.05, 3.63) is 35.5 Å². The van der Waals surface area contributed by atoms with Crippen LogP contribution in [-0.2, 0) is 20.8 Å². The summed E-state index contributed by atoms with van der Waals surface area (Å²) in [5.74, 6) is -0.241. The molecule has 0 spiro atoms. The first-order chi connectivity index (χ1) is 15.3. The maximum atomic E-state index is 13.6. The average Bonchev–Trinajstić information content (AvgIpc) is 3.22. The largest absolute Gasteiger partial charge is 0.493 e. The number of phosphoric acid groups is 1. The molecule has 8 nitrogen and oxygen atoms in total. The highest BCUT2D eigenvalue weighted by Crippen LogP contribution is 2.40. The van der Waals surface area contributed by atoms with Crippen molar-refractivity contribution in [2.75, 3.05) is 13.2 Å². The van der Waals surface area contributed by atoms with Crippen LogP contribution >= 0.6 is 7.82 Å². The highest BCUT2D eigenvalue weighted by Gasteiger charge is 2.35. The van der Waals surface area contributed by atoms with Crippen LogP contribution in [0.2, 0.25) is 0 Å². The molecule has 33 heavy (non-hydrogen) atoms. The van der Waals surface area contributed by atoms with E-state index in [-0.39, 0.29) is 29.3 Å². The molecule has 2 rings (SSSR count). The monoisotopic (exact) mass is 493 g/mol. The molecule has 0 saturated carbocycles. The van der Waals surface area contributed by atoms with E-state index in [9.17, 15) is 17.7 Å². The summed E-state index contributed by atoms with van der Waals surface area (Å²) >= 11 is 0. The van der Waals surface area contributed by atoms with Gasteiger partial charge in [-0.3, -0.25) is 9.62 Å². The van der Waals surface area contributed by atoms with Gasteiger partial charge in [-0.15, -0.1) is 0 Å². The lowest BCUT2D eigenvalue weighted by atomic mass is 9.99. The summed E-state index contributed by atoms with van der Waals surface area (Å²) in [6.45, 7) is 3.23. The van der Waals surface area contributed by atoms with Crippen LogP contribution in [0, 0.1) is 0 Å². The molecule has 1 aromatic carbocycles. The number of aromatic amines is 1. The van der Waals surface area contributed by atoms with E-state index in [0.29, 0.717) is 6.42 Å². The average molecular weight is 493 g/mol. The third-order valence-corrected chi connectivity index (χ3v) is 5.53. The molecule has 186 valence electrons. The molecule has 5 N–H and O–H groups in total. The van der Waals surface area contributed by atoms with Crippen molar-refractivity contribution in [1.29, 1.82) is 0 Å². The van der Waals surface area contributed by atoms with Crippen molar-refractivity contribution in [2.45, 2.75) is 64.1 Å². The lowest BCUT2D eigenvalue weighted by Crippen LogP contribution is -2.38. The molecule has 2 aromatic rings. The summed E-state index contributed by atoms with van der Waals surface area (Å²) in [6.07, 6.45) is 1.37. The van der Waals surface area contributed by atoms with E-state index in [4.69, 9.17) is 20.3 Å². The van der Waals surface area contributed by atoms with Gasteiger partial charge in [0.05, 0.1) is 35.7 Å². The summed E-state index contributed by atoms with van der Waals surface area (Å²) in [5.41, 5.74) is 4.37. The van der Waals surface area contributed by atoms with Crippen molar-refractivity contribution in [3.63, 3.8) is 0 Å². The fourth-order valence-electron chi connectivity index (χ4n) is 3.16. The number of aromatic nitrogens is 2. The predicted molar refractivity (Wildman–Crippen MR) is 117 cm³/mol. The summed E-state index contributed by atoms with van der Waals surface area (Å²) in [6, 6.07) is 5.10. The Morgan fingerprint density at radius 3 is 2.42 bits per heavy atom. The number of nitrogens with two attached hydrogens (primary N) is 1. The van der Waals surface area contributed by atoms with Crippen LogP contribution in [0.3, 0.4) is 0 Å².